The van der Waals surface area contributed by atoms with Gasteiger partial charge in [-0.2, -0.15) is 0 Å². The summed E-state index contributed by atoms with van der Waals surface area (Å²) in [5.74, 6) is -0.837. The van der Waals surface area contributed by atoms with Crippen LogP contribution in [0.3, 0.4) is 0 Å². The van der Waals surface area contributed by atoms with E-state index in [9.17, 15) is 19.0 Å². The number of esters is 2. The molecular weight excluding hydrogens is 882 g/mol. The summed E-state index contributed by atoms with van der Waals surface area (Å²) in [5, 5.41) is 0. The number of carbonyl (C=O) groups is 2. The predicted molar refractivity (Wildman–Crippen MR) is 293 cm³/mol. The molecular formula is C59H104NO8P. The van der Waals surface area contributed by atoms with Gasteiger partial charge in [0.25, 0.3) is 0 Å². The Labute approximate surface area is 424 Å². The highest BCUT2D eigenvalue weighted by Crippen LogP contribution is 2.43. The summed E-state index contributed by atoms with van der Waals surface area (Å²) in [6.07, 6.45) is 70.5. The third-order valence-corrected chi connectivity index (χ3v) is 12.7. The molecule has 0 aliphatic carbocycles. The Morgan fingerprint density at radius 2 is 0.797 bits per heavy atom. The zero-order valence-electron chi connectivity index (χ0n) is 44.3. The van der Waals surface area contributed by atoms with Crippen LogP contribution in [0.15, 0.2) is 85.1 Å². The van der Waals surface area contributed by atoms with Crippen LogP contribution < -0.4 is 5.73 Å². The minimum absolute atomic E-state index is 0.0485. The first kappa shape index (κ1) is 66.2. The molecule has 0 spiro atoms. The molecule has 0 aliphatic heterocycles. The van der Waals surface area contributed by atoms with E-state index in [1.54, 1.807) is 0 Å². The molecule has 3 N–H and O–H groups in total. The van der Waals surface area contributed by atoms with Gasteiger partial charge < -0.3 is 20.1 Å². The largest absolute Gasteiger partial charge is 0.472 e. The summed E-state index contributed by atoms with van der Waals surface area (Å²) in [7, 11) is -4.39. The molecule has 9 nitrogen and oxygen atoms in total. The molecule has 0 aromatic carbocycles. The lowest BCUT2D eigenvalue weighted by molar-refractivity contribution is -0.161. The SMILES string of the molecule is CC/C=C\C/C=C\C/C=C\C/C=C\CCCCCCCCCCCCC(=O)OC(COC(=O)CCCCCCCCCCCC/C=C\C/C=C\C/C=C\CCCCCCC)COP(=O)(O)OCCN. The number of ether oxygens (including phenoxy) is 2. The van der Waals surface area contributed by atoms with Crippen LogP contribution in [-0.2, 0) is 32.7 Å². The summed E-state index contributed by atoms with van der Waals surface area (Å²) in [5.41, 5.74) is 5.38. The van der Waals surface area contributed by atoms with Gasteiger partial charge in [-0.15, -0.1) is 0 Å². The van der Waals surface area contributed by atoms with Gasteiger partial charge in [-0.3, -0.25) is 18.6 Å². The molecule has 0 saturated heterocycles. The number of allylic oxidation sites excluding steroid dienone is 14. The first-order valence-electron chi connectivity index (χ1n) is 28.1. The van der Waals surface area contributed by atoms with Crippen molar-refractivity contribution in [2.45, 2.75) is 251 Å². The maximum atomic E-state index is 12.7. The molecule has 2 atom stereocenters. The summed E-state index contributed by atoms with van der Waals surface area (Å²) in [6, 6.07) is 0. The molecule has 0 rings (SSSR count). The number of carbonyl (C=O) groups excluding carboxylic acids is 2. The van der Waals surface area contributed by atoms with Gasteiger partial charge in [-0.1, -0.05) is 227 Å². The maximum Gasteiger partial charge on any atom is 0.472 e. The van der Waals surface area contributed by atoms with E-state index in [0.29, 0.717) is 6.42 Å². The van der Waals surface area contributed by atoms with Gasteiger partial charge in [0.2, 0.25) is 0 Å². The minimum atomic E-state index is -4.39. The van der Waals surface area contributed by atoms with E-state index in [0.717, 1.165) is 89.9 Å². The average molecular weight is 986 g/mol. The number of unbranched alkanes of at least 4 members (excludes halogenated alkanes) is 25. The van der Waals surface area contributed by atoms with Crippen LogP contribution >= 0.6 is 7.82 Å². The van der Waals surface area contributed by atoms with Crippen molar-refractivity contribution in [3.05, 3.63) is 85.1 Å². The van der Waals surface area contributed by atoms with Crippen molar-refractivity contribution in [3.8, 4) is 0 Å². The van der Waals surface area contributed by atoms with Crippen molar-refractivity contribution in [3.63, 3.8) is 0 Å². The number of phosphoric ester groups is 1. The lowest BCUT2D eigenvalue weighted by atomic mass is 10.0. The summed E-state index contributed by atoms with van der Waals surface area (Å²) in [4.78, 5) is 35.2. The molecule has 0 aromatic heterocycles. The normalized spacial score (nSPS) is 13.7. The first-order valence-corrected chi connectivity index (χ1v) is 29.6. The van der Waals surface area contributed by atoms with E-state index in [-0.39, 0.29) is 38.6 Å². The maximum absolute atomic E-state index is 12.7. The quantitative estimate of drug-likeness (QED) is 0.0264. The molecule has 0 heterocycles. The van der Waals surface area contributed by atoms with Gasteiger partial charge in [0.15, 0.2) is 6.10 Å². The smallest absolute Gasteiger partial charge is 0.462 e. The Bertz CT molecular complexity index is 1400. The zero-order valence-corrected chi connectivity index (χ0v) is 45.2. The Kier molecular flexibility index (Phi) is 52.3. The van der Waals surface area contributed by atoms with Gasteiger partial charge in [0.1, 0.15) is 6.61 Å². The van der Waals surface area contributed by atoms with Crippen molar-refractivity contribution in [2.75, 3.05) is 26.4 Å². The monoisotopic (exact) mass is 986 g/mol. The third-order valence-electron chi connectivity index (χ3n) is 11.8. The highest BCUT2D eigenvalue weighted by Gasteiger charge is 2.26. The van der Waals surface area contributed by atoms with E-state index in [4.69, 9.17) is 24.3 Å². The zero-order chi connectivity index (χ0) is 50.2. The molecule has 69 heavy (non-hydrogen) atoms. The molecule has 10 heteroatoms. The van der Waals surface area contributed by atoms with E-state index in [2.05, 4.69) is 98.9 Å². The van der Waals surface area contributed by atoms with Crippen molar-refractivity contribution in [1.29, 1.82) is 0 Å². The second kappa shape index (κ2) is 54.5. The predicted octanol–water partition coefficient (Wildman–Crippen LogP) is 17.5. The van der Waals surface area contributed by atoms with Gasteiger partial charge in [0.05, 0.1) is 13.2 Å². The fraction of sp³-hybridized carbons (Fsp3) is 0.729. The van der Waals surface area contributed by atoms with Gasteiger partial charge >= 0.3 is 19.8 Å². The molecule has 0 amide bonds. The summed E-state index contributed by atoms with van der Waals surface area (Å²) >= 11 is 0. The Morgan fingerprint density at radius 1 is 0.449 bits per heavy atom. The third kappa shape index (κ3) is 54.4. The van der Waals surface area contributed by atoms with E-state index in [1.807, 2.05) is 0 Å². The fourth-order valence-electron chi connectivity index (χ4n) is 7.63. The second-order valence-corrected chi connectivity index (χ2v) is 19.9. The summed E-state index contributed by atoms with van der Waals surface area (Å²) < 4.78 is 33.0. The van der Waals surface area contributed by atoms with Gasteiger partial charge in [-0.25, -0.2) is 4.57 Å². The number of nitrogens with two attached hydrogens (primary N) is 1. The Hall–Kier alpha value is -2.81. The van der Waals surface area contributed by atoms with Crippen molar-refractivity contribution < 1.29 is 37.6 Å². The highest BCUT2D eigenvalue weighted by atomic mass is 31.2. The van der Waals surface area contributed by atoms with Crippen LogP contribution in [0, 0.1) is 0 Å². The number of rotatable bonds is 52. The van der Waals surface area contributed by atoms with Crippen molar-refractivity contribution in [1.82, 2.24) is 0 Å². The minimum Gasteiger partial charge on any atom is -0.462 e. The van der Waals surface area contributed by atoms with Crippen LogP contribution in [0.25, 0.3) is 0 Å². The van der Waals surface area contributed by atoms with Crippen LogP contribution in [0.5, 0.6) is 0 Å². The number of hydrogen-bond acceptors (Lipinski definition) is 8. The molecule has 0 saturated carbocycles. The Balaban J connectivity index is 4.02. The van der Waals surface area contributed by atoms with Crippen LogP contribution in [-0.4, -0.2) is 49.3 Å². The van der Waals surface area contributed by atoms with E-state index >= 15 is 0 Å². The highest BCUT2D eigenvalue weighted by molar-refractivity contribution is 7.47. The second-order valence-electron chi connectivity index (χ2n) is 18.4. The van der Waals surface area contributed by atoms with Gasteiger partial charge in [0, 0.05) is 19.4 Å². The molecule has 2 unspecified atom stereocenters. The molecule has 0 aliphatic rings. The van der Waals surface area contributed by atoms with Gasteiger partial charge in [-0.05, 0) is 89.9 Å². The lowest BCUT2D eigenvalue weighted by Crippen LogP contribution is -2.29. The summed E-state index contributed by atoms with van der Waals surface area (Å²) in [6.45, 7) is 3.62. The number of hydrogen-bond donors (Lipinski definition) is 2. The van der Waals surface area contributed by atoms with Crippen LogP contribution in [0.1, 0.15) is 245 Å². The van der Waals surface area contributed by atoms with Crippen molar-refractivity contribution >= 4 is 19.8 Å². The lowest BCUT2D eigenvalue weighted by Gasteiger charge is -2.19. The topological polar surface area (TPSA) is 134 Å². The fourth-order valence-corrected chi connectivity index (χ4v) is 8.40. The molecule has 0 aromatic rings. The molecule has 0 radical (unpaired) electrons. The number of phosphoric acid groups is 1. The van der Waals surface area contributed by atoms with Crippen LogP contribution in [0.4, 0.5) is 0 Å². The average Bonchev–Trinajstić information content (AvgIpc) is 3.34. The molecule has 0 fully saturated rings. The Morgan fingerprint density at radius 3 is 1.19 bits per heavy atom. The van der Waals surface area contributed by atoms with Crippen LogP contribution in [0.2, 0.25) is 0 Å². The molecule has 398 valence electrons. The molecule has 0 bridgehead atoms. The first-order chi connectivity index (χ1) is 33.8. The standard InChI is InChI=1S/C59H104NO8P/c1-3-5-7-9-11-13-15-17-19-21-23-25-27-28-30-31-33-35-37-39-41-43-45-47-49-51-58(61)65-55-57(56-67-69(63,64)66-54-53-60)68-59(62)52-50-48-46-44-42-40-38-36-34-32-29-26-24-22-20-18-16-14-12-10-8-6-4-2/h6,8,12,14-15,17-18,20-21,23-24,26-28,57H,3-5,7,9-11,13,16,19,22,25,29-56,60H2,1-2H3,(H,63,64)/b8-6-,14-12-,17-15-,20-18-,23-21-,26-24-,28-27-. The van der Waals surface area contributed by atoms with E-state index in [1.165, 1.54) is 122 Å². The van der Waals surface area contributed by atoms with E-state index < -0.39 is 26.5 Å². The van der Waals surface area contributed by atoms with Crippen molar-refractivity contribution in [2.24, 2.45) is 5.73 Å².